The summed E-state index contributed by atoms with van der Waals surface area (Å²) in [5.74, 6) is -0.0439. The second-order valence-corrected chi connectivity index (χ2v) is 5.42. The van der Waals surface area contributed by atoms with E-state index in [1.165, 1.54) is 0 Å². The molecule has 5 nitrogen and oxygen atoms in total. The minimum absolute atomic E-state index is 0.0439. The Hall–Kier alpha value is -2.11. The summed E-state index contributed by atoms with van der Waals surface area (Å²) in [5.41, 5.74) is 1.77. The van der Waals surface area contributed by atoms with Gasteiger partial charge in [0.25, 0.3) is 0 Å². The van der Waals surface area contributed by atoms with Gasteiger partial charge in [-0.05, 0) is 37.1 Å². The van der Waals surface area contributed by atoms with Crippen LogP contribution >= 0.6 is 0 Å². The van der Waals surface area contributed by atoms with Crippen LogP contribution in [0.15, 0.2) is 48.8 Å². The molecule has 0 unspecified atom stereocenters. The number of hydrogen-bond acceptors (Lipinski definition) is 3. The summed E-state index contributed by atoms with van der Waals surface area (Å²) in [7, 11) is 0. The molecule has 1 amide bonds. The number of rotatable bonds is 6. The zero-order chi connectivity index (χ0) is 15.2. The third-order valence-electron chi connectivity index (χ3n) is 3.74. The van der Waals surface area contributed by atoms with Crippen LogP contribution < -0.4 is 10.6 Å². The van der Waals surface area contributed by atoms with E-state index in [2.05, 4.69) is 10.6 Å². The number of nitrogens with one attached hydrogen (secondary N) is 2. The van der Waals surface area contributed by atoms with Crippen molar-refractivity contribution in [2.75, 3.05) is 25.0 Å². The first-order chi connectivity index (χ1) is 10.8. The van der Waals surface area contributed by atoms with Crippen molar-refractivity contribution in [2.24, 2.45) is 0 Å². The predicted molar refractivity (Wildman–Crippen MR) is 86.2 cm³/mol. The third-order valence-corrected chi connectivity index (χ3v) is 3.74. The number of nitrogens with zero attached hydrogens (tertiary/aromatic N) is 1. The summed E-state index contributed by atoms with van der Waals surface area (Å²) < 4.78 is 7.51. The number of benzene rings is 1. The summed E-state index contributed by atoms with van der Waals surface area (Å²) in [6.07, 6.45) is 6.36. The maximum Gasteiger partial charge on any atom is 0.238 e. The second kappa shape index (κ2) is 7.24. The number of aromatic nitrogens is 1. The number of carbonyl (C=O) groups is 1. The number of hydrogen-bond donors (Lipinski definition) is 2. The highest BCUT2D eigenvalue weighted by Gasteiger charge is 2.15. The highest BCUT2D eigenvalue weighted by molar-refractivity contribution is 5.94. The predicted octanol–water partition coefficient (Wildman–Crippen LogP) is 2.18. The maximum absolute atomic E-state index is 12.1. The topological polar surface area (TPSA) is 55.3 Å². The molecule has 0 bridgehead atoms. The SMILES string of the molecule is O=C(CNC[C@@H]1CCCO1)Nc1ccccc1-n1cccc1. The van der Waals surface area contributed by atoms with E-state index in [-0.39, 0.29) is 12.0 Å². The molecule has 2 N–H and O–H groups in total. The van der Waals surface area contributed by atoms with Crippen LogP contribution in [0, 0.1) is 0 Å². The number of anilines is 1. The van der Waals surface area contributed by atoms with Gasteiger partial charge in [-0.2, -0.15) is 0 Å². The van der Waals surface area contributed by atoms with Crippen LogP contribution in [0.5, 0.6) is 0 Å². The van der Waals surface area contributed by atoms with Crippen molar-refractivity contribution < 1.29 is 9.53 Å². The monoisotopic (exact) mass is 299 g/mol. The van der Waals surface area contributed by atoms with Gasteiger partial charge in [0, 0.05) is 25.5 Å². The molecule has 1 aliphatic rings. The Labute approximate surface area is 130 Å². The molecule has 0 spiro atoms. The zero-order valence-corrected chi connectivity index (χ0v) is 12.5. The van der Waals surface area contributed by atoms with E-state index in [0.29, 0.717) is 6.54 Å². The molecule has 2 aromatic rings. The first-order valence-corrected chi connectivity index (χ1v) is 7.67. The highest BCUT2D eigenvalue weighted by Crippen LogP contribution is 2.19. The van der Waals surface area contributed by atoms with E-state index in [4.69, 9.17) is 4.74 Å². The van der Waals surface area contributed by atoms with Gasteiger partial charge in [-0.1, -0.05) is 12.1 Å². The molecule has 1 saturated heterocycles. The van der Waals surface area contributed by atoms with Crippen molar-refractivity contribution in [1.29, 1.82) is 0 Å². The van der Waals surface area contributed by atoms with Gasteiger partial charge in [-0.15, -0.1) is 0 Å². The fourth-order valence-corrected chi connectivity index (χ4v) is 2.65. The first-order valence-electron chi connectivity index (χ1n) is 7.67. The van der Waals surface area contributed by atoms with Crippen molar-refractivity contribution >= 4 is 11.6 Å². The number of para-hydroxylation sites is 2. The minimum Gasteiger partial charge on any atom is -0.377 e. The summed E-state index contributed by atoms with van der Waals surface area (Å²) in [4.78, 5) is 12.1. The van der Waals surface area contributed by atoms with Gasteiger partial charge >= 0.3 is 0 Å². The van der Waals surface area contributed by atoms with Gasteiger partial charge in [-0.25, -0.2) is 0 Å². The van der Waals surface area contributed by atoms with Crippen molar-refractivity contribution in [3.05, 3.63) is 48.8 Å². The Morgan fingerprint density at radius 1 is 1.23 bits per heavy atom. The first kappa shape index (κ1) is 14.8. The lowest BCUT2D eigenvalue weighted by Crippen LogP contribution is -2.33. The van der Waals surface area contributed by atoms with Gasteiger partial charge < -0.3 is 19.9 Å². The lowest BCUT2D eigenvalue weighted by atomic mass is 10.2. The average molecular weight is 299 g/mol. The molecule has 0 saturated carbocycles. The summed E-state index contributed by atoms with van der Waals surface area (Å²) >= 11 is 0. The Morgan fingerprint density at radius 2 is 2.05 bits per heavy atom. The molecule has 5 heteroatoms. The fourth-order valence-electron chi connectivity index (χ4n) is 2.65. The van der Waals surface area contributed by atoms with Crippen molar-refractivity contribution in [2.45, 2.75) is 18.9 Å². The van der Waals surface area contributed by atoms with E-state index in [1.807, 2.05) is 53.4 Å². The fraction of sp³-hybridized carbons (Fsp3) is 0.353. The standard InChI is InChI=1S/C17H21N3O2/c21-17(13-18-12-14-6-5-11-22-14)19-15-7-1-2-8-16(15)20-9-3-4-10-20/h1-4,7-10,14,18H,5-6,11-13H2,(H,19,21)/t14-/m0/s1. The molecule has 1 aromatic carbocycles. The molecule has 0 aliphatic carbocycles. The average Bonchev–Trinajstić information content (AvgIpc) is 3.21. The lowest BCUT2D eigenvalue weighted by molar-refractivity contribution is -0.115. The van der Waals surface area contributed by atoms with Crippen LogP contribution in [0.2, 0.25) is 0 Å². The molecular weight excluding hydrogens is 278 g/mol. The Bertz CT molecular complexity index is 604. The molecule has 1 aliphatic heterocycles. The van der Waals surface area contributed by atoms with Crippen molar-refractivity contribution in [3.8, 4) is 5.69 Å². The summed E-state index contributed by atoms with van der Waals surface area (Å²) in [5, 5.41) is 6.12. The molecule has 2 heterocycles. The summed E-state index contributed by atoms with van der Waals surface area (Å²) in [6, 6.07) is 11.7. The normalized spacial score (nSPS) is 17.5. The lowest BCUT2D eigenvalue weighted by Gasteiger charge is -2.13. The van der Waals surface area contributed by atoms with Crippen LogP contribution in [0.1, 0.15) is 12.8 Å². The van der Waals surface area contributed by atoms with Crippen LogP contribution in [-0.2, 0) is 9.53 Å². The molecule has 22 heavy (non-hydrogen) atoms. The van der Waals surface area contributed by atoms with E-state index in [9.17, 15) is 4.79 Å². The van der Waals surface area contributed by atoms with Gasteiger partial charge in [0.15, 0.2) is 0 Å². The smallest absolute Gasteiger partial charge is 0.238 e. The van der Waals surface area contributed by atoms with Crippen LogP contribution in [0.25, 0.3) is 5.69 Å². The molecule has 116 valence electrons. The second-order valence-electron chi connectivity index (χ2n) is 5.42. The molecule has 1 fully saturated rings. The molecule has 1 atom stereocenters. The van der Waals surface area contributed by atoms with Gasteiger partial charge in [0.1, 0.15) is 0 Å². The van der Waals surface area contributed by atoms with E-state index < -0.39 is 0 Å². The zero-order valence-electron chi connectivity index (χ0n) is 12.5. The van der Waals surface area contributed by atoms with Gasteiger partial charge in [-0.3, -0.25) is 4.79 Å². The highest BCUT2D eigenvalue weighted by atomic mass is 16.5. The van der Waals surface area contributed by atoms with Gasteiger partial charge in [0.2, 0.25) is 5.91 Å². The molecular formula is C17H21N3O2. The van der Waals surface area contributed by atoms with Crippen molar-refractivity contribution in [1.82, 2.24) is 9.88 Å². The quantitative estimate of drug-likeness (QED) is 0.859. The Morgan fingerprint density at radius 3 is 2.82 bits per heavy atom. The number of amides is 1. The van der Waals surface area contributed by atoms with Crippen molar-refractivity contribution in [3.63, 3.8) is 0 Å². The van der Waals surface area contributed by atoms with E-state index in [0.717, 1.165) is 37.4 Å². The maximum atomic E-state index is 12.1. The Kier molecular flexibility index (Phi) is 4.88. The van der Waals surface area contributed by atoms with Crippen LogP contribution in [-0.4, -0.2) is 36.3 Å². The molecule has 3 rings (SSSR count). The van der Waals surface area contributed by atoms with E-state index in [1.54, 1.807) is 0 Å². The van der Waals surface area contributed by atoms with Gasteiger partial charge in [0.05, 0.1) is 24.0 Å². The molecule has 0 radical (unpaired) electrons. The largest absolute Gasteiger partial charge is 0.377 e. The summed E-state index contributed by atoms with van der Waals surface area (Å²) in [6.45, 7) is 1.86. The Balaban J connectivity index is 1.55. The van der Waals surface area contributed by atoms with E-state index >= 15 is 0 Å². The molecule has 1 aromatic heterocycles. The minimum atomic E-state index is -0.0439. The van der Waals surface area contributed by atoms with Crippen LogP contribution in [0.4, 0.5) is 5.69 Å². The number of carbonyl (C=O) groups excluding carboxylic acids is 1. The van der Waals surface area contributed by atoms with Crippen LogP contribution in [0.3, 0.4) is 0 Å². The third kappa shape index (κ3) is 3.75. The number of ether oxygens (including phenoxy) is 1.